The second-order valence-electron chi connectivity index (χ2n) is 3.72. The molecule has 0 radical (unpaired) electrons. The third kappa shape index (κ3) is 3.21. The molecular weight excluding hydrogens is 270 g/mol. The molecule has 0 bridgehead atoms. The summed E-state index contributed by atoms with van der Waals surface area (Å²) in [6.07, 6.45) is 1.58. The minimum absolute atomic E-state index is 0.0837. The number of aromatic nitrogens is 2. The monoisotopic (exact) mass is 281 g/mol. The minimum atomic E-state index is -0.432. The van der Waals surface area contributed by atoms with Crippen LogP contribution < -0.4 is 16.6 Å². The Balaban J connectivity index is 2.07. The molecule has 0 aliphatic heterocycles. The van der Waals surface area contributed by atoms with Gasteiger partial charge in [0.1, 0.15) is 17.3 Å². The number of hydrogen-bond donors (Lipinski definition) is 3. The Labute approximate surface area is 114 Å². The highest BCUT2D eigenvalue weighted by Gasteiger charge is 2.13. The summed E-state index contributed by atoms with van der Waals surface area (Å²) in [4.78, 5) is 19.9. The van der Waals surface area contributed by atoms with Crippen LogP contribution in [0.5, 0.6) is 0 Å². The summed E-state index contributed by atoms with van der Waals surface area (Å²) in [5.74, 6) is 6.23. The van der Waals surface area contributed by atoms with E-state index in [1.165, 1.54) is 6.07 Å². The van der Waals surface area contributed by atoms with E-state index in [0.717, 1.165) is 0 Å². The molecule has 0 aliphatic carbocycles. The molecule has 0 aromatic carbocycles. The van der Waals surface area contributed by atoms with E-state index in [1.807, 2.05) is 0 Å². The van der Waals surface area contributed by atoms with Crippen molar-refractivity contribution in [3.63, 3.8) is 0 Å². The van der Waals surface area contributed by atoms with Crippen molar-refractivity contribution in [1.82, 2.24) is 15.3 Å². The Morgan fingerprint density at radius 1 is 1.53 bits per heavy atom. The number of carbonyl (C=O) groups is 1. The molecule has 7 nitrogen and oxygen atoms in total. The zero-order valence-corrected chi connectivity index (χ0v) is 10.9. The quantitative estimate of drug-likeness (QED) is 0.575. The standard InChI is InChI=1S/C11H12ClN5O2/c1-6-4-14-9(19-6)5-15-11(18)10-7(12)2-3-8(16-10)17-13/h2-4H,5,13H2,1H3,(H,15,18)(H,16,17). The molecule has 1 amide bonds. The number of nitrogens with one attached hydrogen (secondary N) is 2. The van der Waals surface area contributed by atoms with E-state index in [-0.39, 0.29) is 17.3 Å². The maximum atomic E-state index is 11.9. The number of nitrogens with zero attached hydrogens (tertiary/aromatic N) is 2. The van der Waals surface area contributed by atoms with Crippen molar-refractivity contribution < 1.29 is 9.21 Å². The van der Waals surface area contributed by atoms with Gasteiger partial charge in [0, 0.05) is 0 Å². The van der Waals surface area contributed by atoms with Gasteiger partial charge in [0.15, 0.2) is 0 Å². The van der Waals surface area contributed by atoms with E-state index in [2.05, 4.69) is 20.7 Å². The average Bonchev–Trinajstić information content (AvgIpc) is 2.82. The van der Waals surface area contributed by atoms with E-state index in [9.17, 15) is 4.79 Å². The topological polar surface area (TPSA) is 106 Å². The number of aryl methyl sites for hydroxylation is 1. The summed E-state index contributed by atoms with van der Waals surface area (Å²) >= 11 is 5.90. The number of nitrogens with two attached hydrogens (primary N) is 1. The van der Waals surface area contributed by atoms with Gasteiger partial charge in [-0.05, 0) is 19.1 Å². The summed E-state index contributed by atoms with van der Waals surface area (Å²) in [6.45, 7) is 1.93. The molecule has 0 spiro atoms. The first kappa shape index (κ1) is 13.3. The van der Waals surface area contributed by atoms with Crippen LogP contribution in [-0.4, -0.2) is 15.9 Å². The van der Waals surface area contributed by atoms with Crippen molar-refractivity contribution in [3.05, 3.63) is 40.7 Å². The lowest BCUT2D eigenvalue weighted by atomic mass is 10.3. The number of pyridine rings is 1. The second kappa shape index (κ2) is 5.68. The largest absolute Gasteiger partial charge is 0.444 e. The van der Waals surface area contributed by atoms with Crippen LogP contribution in [0.15, 0.2) is 22.7 Å². The zero-order chi connectivity index (χ0) is 13.8. The van der Waals surface area contributed by atoms with Gasteiger partial charge in [0.2, 0.25) is 5.89 Å². The van der Waals surface area contributed by atoms with E-state index >= 15 is 0 Å². The number of amides is 1. The van der Waals surface area contributed by atoms with Crippen molar-refractivity contribution in [2.24, 2.45) is 5.84 Å². The zero-order valence-electron chi connectivity index (χ0n) is 10.1. The Morgan fingerprint density at radius 3 is 2.95 bits per heavy atom. The lowest BCUT2D eigenvalue weighted by Crippen LogP contribution is -2.25. The highest BCUT2D eigenvalue weighted by atomic mass is 35.5. The number of rotatable bonds is 4. The molecule has 4 N–H and O–H groups in total. The lowest BCUT2D eigenvalue weighted by Gasteiger charge is -2.06. The first-order valence-electron chi connectivity index (χ1n) is 5.43. The molecule has 2 aromatic heterocycles. The normalized spacial score (nSPS) is 10.3. The van der Waals surface area contributed by atoms with Crippen LogP contribution in [0.25, 0.3) is 0 Å². The van der Waals surface area contributed by atoms with Gasteiger partial charge < -0.3 is 15.2 Å². The Hall–Kier alpha value is -2.12. The van der Waals surface area contributed by atoms with Crippen LogP contribution in [-0.2, 0) is 6.54 Å². The highest BCUT2D eigenvalue weighted by molar-refractivity contribution is 6.33. The molecule has 2 rings (SSSR count). The first-order chi connectivity index (χ1) is 9.10. The van der Waals surface area contributed by atoms with E-state index < -0.39 is 5.91 Å². The smallest absolute Gasteiger partial charge is 0.271 e. The van der Waals surface area contributed by atoms with Crippen LogP contribution in [0, 0.1) is 6.92 Å². The van der Waals surface area contributed by atoms with Crippen LogP contribution in [0.2, 0.25) is 5.02 Å². The third-order valence-electron chi connectivity index (χ3n) is 2.28. The molecule has 0 saturated carbocycles. The van der Waals surface area contributed by atoms with Gasteiger partial charge in [0.05, 0.1) is 17.8 Å². The van der Waals surface area contributed by atoms with Crippen molar-refractivity contribution in [2.75, 3.05) is 5.43 Å². The number of nitrogen functional groups attached to an aromatic ring is 1. The molecule has 0 fully saturated rings. The third-order valence-corrected chi connectivity index (χ3v) is 2.58. The van der Waals surface area contributed by atoms with Gasteiger partial charge in [-0.3, -0.25) is 4.79 Å². The van der Waals surface area contributed by atoms with Crippen LogP contribution in [0.3, 0.4) is 0 Å². The van der Waals surface area contributed by atoms with Crippen molar-refractivity contribution in [1.29, 1.82) is 0 Å². The molecule has 0 aliphatic rings. The Kier molecular flexibility index (Phi) is 3.98. The number of oxazole rings is 1. The molecule has 0 saturated heterocycles. The second-order valence-corrected chi connectivity index (χ2v) is 4.13. The molecule has 100 valence electrons. The Bertz CT molecular complexity index is 599. The molecule has 8 heteroatoms. The summed E-state index contributed by atoms with van der Waals surface area (Å²) in [5, 5.41) is 2.85. The van der Waals surface area contributed by atoms with Gasteiger partial charge in [-0.25, -0.2) is 15.8 Å². The lowest BCUT2D eigenvalue weighted by molar-refractivity contribution is 0.0942. The molecular formula is C11H12ClN5O2. The van der Waals surface area contributed by atoms with Gasteiger partial charge in [-0.15, -0.1) is 0 Å². The average molecular weight is 282 g/mol. The molecule has 2 aromatic rings. The predicted molar refractivity (Wildman–Crippen MR) is 69.5 cm³/mol. The summed E-state index contributed by atoms with van der Waals surface area (Å²) in [6, 6.07) is 3.10. The fourth-order valence-corrected chi connectivity index (χ4v) is 1.60. The van der Waals surface area contributed by atoms with E-state index in [4.69, 9.17) is 21.9 Å². The van der Waals surface area contributed by atoms with E-state index in [1.54, 1.807) is 19.2 Å². The first-order valence-corrected chi connectivity index (χ1v) is 5.80. The summed E-state index contributed by atoms with van der Waals surface area (Å²) in [5.41, 5.74) is 2.43. The maximum absolute atomic E-state index is 11.9. The summed E-state index contributed by atoms with van der Waals surface area (Å²) in [7, 11) is 0. The number of halogens is 1. The van der Waals surface area contributed by atoms with Gasteiger partial charge in [0.25, 0.3) is 5.91 Å². The van der Waals surface area contributed by atoms with Crippen molar-refractivity contribution in [3.8, 4) is 0 Å². The van der Waals surface area contributed by atoms with Crippen molar-refractivity contribution >= 4 is 23.3 Å². The molecule has 2 heterocycles. The van der Waals surface area contributed by atoms with Gasteiger partial charge in [-0.1, -0.05) is 11.6 Å². The van der Waals surface area contributed by atoms with Gasteiger partial charge in [-0.2, -0.15) is 0 Å². The molecule has 0 atom stereocenters. The number of carbonyl (C=O) groups excluding carboxylic acids is 1. The molecule has 19 heavy (non-hydrogen) atoms. The van der Waals surface area contributed by atoms with Crippen LogP contribution in [0.4, 0.5) is 5.82 Å². The number of hydrogen-bond acceptors (Lipinski definition) is 6. The van der Waals surface area contributed by atoms with Gasteiger partial charge >= 0.3 is 0 Å². The highest BCUT2D eigenvalue weighted by Crippen LogP contribution is 2.16. The number of anilines is 1. The maximum Gasteiger partial charge on any atom is 0.271 e. The summed E-state index contributed by atoms with van der Waals surface area (Å²) < 4.78 is 5.23. The predicted octanol–water partition coefficient (Wildman–Crippen LogP) is 1.25. The minimum Gasteiger partial charge on any atom is -0.444 e. The Morgan fingerprint density at radius 2 is 2.32 bits per heavy atom. The fourth-order valence-electron chi connectivity index (χ4n) is 1.40. The van der Waals surface area contributed by atoms with Crippen LogP contribution >= 0.6 is 11.6 Å². The fraction of sp³-hybridized carbons (Fsp3) is 0.182. The number of hydrazine groups is 1. The van der Waals surface area contributed by atoms with Crippen LogP contribution in [0.1, 0.15) is 22.1 Å². The SMILES string of the molecule is Cc1cnc(CNC(=O)c2nc(NN)ccc2Cl)o1. The van der Waals surface area contributed by atoms with E-state index in [0.29, 0.717) is 17.5 Å². The molecule has 0 unspecified atom stereocenters. The van der Waals surface area contributed by atoms with Crippen molar-refractivity contribution in [2.45, 2.75) is 13.5 Å².